The number of carboxylic acids is 1. The first-order valence-electron chi connectivity index (χ1n) is 3.52. The Hall–Kier alpha value is -2.05. The van der Waals surface area contributed by atoms with Gasteiger partial charge in [-0.2, -0.15) is 5.10 Å². The van der Waals surface area contributed by atoms with Crippen LogP contribution < -0.4 is 0 Å². The quantitative estimate of drug-likeness (QED) is 0.645. The normalized spacial score (nSPS) is 10.5. The molecule has 13 heavy (non-hydrogen) atoms. The molecule has 0 spiro atoms. The summed E-state index contributed by atoms with van der Waals surface area (Å²) in [6.07, 6.45) is -0.129. The standard InChI is InChI=1S/C6H5N5O2/c12-6(13)3-4-1-2-5-7-9-10-11(5)8-4/h1-2H,3H2,(H,12,13). The number of carbonyl (C=O) groups is 1. The van der Waals surface area contributed by atoms with Gasteiger partial charge in [0, 0.05) is 0 Å². The summed E-state index contributed by atoms with van der Waals surface area (Å²) >= 11 is 0. The number of tetrazole rings is 1. The first-order chi connectivity index (χ1) is 6.25. The van der Waals surface area contributed by atoms with Gasteiger partial charge in [-0.3, -0.25) is 4.79 Å². The smallest absolute Gasteiger partial charge is 0.309 e. The average molecular weight is 179 g/mol. The van der Waals surface area contributed by atoms with Crippen LogP contribution in [0.1, 0.15) is 5.69 Å². The van der Waals surface area contributed by atoms with E-state index in [9.17, 15) is 4.79 Å². The molecule has 0 bridgehead atoms. The maximum atomic E-state index is 10.3. The fraction of sp³-hybridized carbons (Fsp3) is 0.167. The van der Waals surface area contributed by atoms with E-state index in [4.69, 9.17) is 5.11 Å². The maximum Gasteiger partial charge on any atom is 0.309 e. The summed E-state index contributed by atoms with van der Waals surface area (Å²) in [6, 6.07) is 3.20. The molecule has 0 amide bonds. The van der Waals surface area contributed by atoms with Crippen LogP contribution in [0.25, 0.3) is 5.65 Å². The first kappa shape index (κ1) is 7.59. The van der Waals surface area contributed by atoms with Crippen LogP contribution >= 0.6 is 0 Å². The summed E-state index contributed by atoms with van der Waals surface area (Å²) in [5, 5.41) is 22.9. The Labute approximate surface area is 72.0 Å². The maximum absolute atomic E-state index is 10.3. The second kappa shape index (κ2) is 2.77. The van der Waals surface area contributed by atoms with Crippen LogP contribution in [0.2, 0.25) is 0 Å². The van der Waals surface area contributed by atoms with Gasteiger partial charge in [-0.25, -0.2) is 0 Å². The number of hydrogen-bond donors (Lipinski definition) is 1. The van der Waals surface area contributed by atoms with E-state index >= 15 is 0 Å². The van der Waals surface area contributed by atoms with Crippen molar-refractivity contribution in [2.24, 2.45) is 0 Å². The van der Waals surface area contributed by atoms with E-state index in [1.807, 2.05) is 0 Å². The molecule has 1 N–H and O–H groups in total. The van der Waals surface area contributed by atoms with Crippen molar-refractivity contribution in [1.29, 1.82) is 0 Å². The van der Waals surface area contributed by atoms with Gasteiger partial charge in [0.05, 0.1) is 12.1 Å². The molecule has 2 heterocycles. The van der Waals surface area contributed by atoms with Crippen molar-refractivity contribution >= 4 is 11.6 Å². The minimum atomic E-state index is -0.931. The van der Waals surface area contributed by atoms with Crippen molar-refractivity contribution in [3.05, 3.63) is 17.8 Å². The predicted molar refractivity (Wildman–Crippen MR) is 39.9 cm³/mol. The number of nitrogens with zero attached hydrogens (tertiary/aromatic N) is 5. The second-order valence-corrected chi connectivity index (χ2v) is 2.42. The van der Waals surface area contributed by atoms with Crippen molar-refractivity contribution in [1.82, 2.24) is 25.3 Å². The molecule has 0 atom stereocenters. The first-order valence-corrected chi connectivity index (χ1v) is 3.52. The Morgan fingerprint density at radius 1 is 1.54 bits per heavy atom. The van der Waals surface area contributed by atoms with Crippen molar-refractivity contribution in [3.63, 3.8) is 0 Å². The van der Waals surface area contributed by atoms with E-state index in [1.54, 1.807) is 12.1 Å². The zero-order valence-electron chi connectivity index (χ0n) is 6.45. The van der Waals surface area contributed by atoms with Crippen LogP contribution in [0.15, 0.2) is 12.1 Å². The van der Waals surface area contributed by atoms with Gasteiger partial charge in [-0.15, -0.1) is 9.73 Å². The van der Waals surface area contributed by atoms with E-state index in [2.05, 4.69) is 20.6 Å². The van der Waals surface area contributed by atoms with Crippen LogP contribution in [0, 0.1) is 0 Å². The van der Waals surface area contributed by atoms with Gasteiger partial charge < -0.3 is 5.11 Å². The number of aromatic nitrogens is 5. The van der Waals surface area contributed by atoms with Crippen LogP contribution in [0.3, 0.4) is 0 Å². The van der Waals surface area contributed by atoms with E-state index in [0.717, 1.165) is 0 Å². The molecule has 66 valence electrons. The fourth-order valence-electron chi connectivity index (χ4n) is 0.936. The Balaban J connectivity index is 2.42. The van der Waals surface area contributed by atoms with Gasteiger partial charge in [0.15, 0.2) is 5.65 Å². The Bertz CT molecular complexity index is 451. The summed E-state index contributed by atoms with van der Waals surface area (Å²) in [5.74, 6) is -0.931. The average Bonchev–Trinajstić information content (AvgIpc) is 2.49. The van der Waals surface area contributed by atoms with Crippen molar-refractivity contribution in [2.75, 3.05) is 0 Å². The summed E-state index contributed by atoms with van der Waals surface area (Å²) < 4.78 is 1.19. The second-order valence-electron chi connectivity index (χ2n) is 2.42. The van der Waals surface area contributed by atoms with Gasteiger partial charge in [0.1, 0.15) is 0 Å². The Morgan fingerprint density at radius 2 is 2.38 bits per heavy atom. The van der Waals surface area contributed by atoms with Crippen LogP contribution in [0.5, 0.6) is 0 Å². The van der Waals surface area contributed by atoms with Gasteiger partial charge in [-0.1, -0.05) is 0 Å². The lowest BCUT2D eigenvalue weighted by Gasteiger charge is -1.94. The third kappa shape index (κ3) is 1.43. The summed E-state index contributed by atoms with van der Waals surface area (Å²) in [4.78, 5) is 10.3. The number of carboxylic acid groups (broad SMARTS) is 1. The monoisotopic (exact) mass is 179 g/mol. The lowest BCUT2D eigenvalue weighted by atomic mass is 10.3. The molecule has 2 aromatic rings. The highest BCUT2D eigenvalue weighted by Crippen LogP contribution is 1.98. The van der Waals surface area contributed by atoms with Crippen molar-refractivity contribution in [2.45, 2.75) is 6.42 Å². The largest absolute Gasteiger partial charge is 0.481 e. The SMILES string of the molecule is O=C(O)Cc1ccc2nnnn2n1. The molecular weight excluding hydrogens is 174 g/mol. The van der Waals surface area contributed by atoms with Crippen molar-refractivity contribution in [3.8, 4) is 0 Å². The fourth-order valence-corrected chi connectivity index (χ4v) is 0.936. The highest BCUT2D eigenvalue weighted by molar-refractivity contribution is 5.69. The molecule has 7 nitrogen and oxygen atoms in total. The molecule has 0 aliphatic heterocycles. The Morgan fingerprint density at radius 3 is 3.15 bits per heavy atom. The molecule has 0 saturated heterocycles. The third-order valence-electron chi connectivity index (χ3n) is 1.46. The minimum Gasteiger partial charge on any atom is -0.481 e. The molecule has 2 aromatic heterocycles. The summed E-state index contributed by atoms with van der Waals surface area (Å²) in [6.45, 7) is 0. The molecular formula is C6H5N5O2. The molecule has 0 fully saturated rings. The molecule has 7 heteroatoms. The Kier molecular flexibility index (Phi) is 1.62. The van der Waals surface area contributed by atoms with Crippen molar-refractivity contribution < 1.29 is 9.90 Å². The topological polar surface area (TPSA) is 93.3 Å². The lowest BCUT2D eigenvalue weighted by molar-refractivity contribution is -0.136. The van der Waals surface area contributed by atoms with Crippen LogP contribution in [0.4, 0.5) is 0 Å². The minimum absolute atomic E-state index is 0.129. The van der Waals surface area contributed by atoms with Gasteiger partial charge in [0.25, 0.3) is 0 Å². The molecule has 0 aromatic carbocycles. The van der Waals surface area contributed by atoms with E-state index in [-0.39, 0.29) is 6.42 Å². The summed E-state index contributed by atoms with van der Waals surface area (Å²) in [5.41, 5.74) is 0.918. The predicted octanol–water partition coefficient (Wildman–Crippen LogP) is -0.854. The number of aliphatic carboxylic acids is 1. The molecule has 0 aliphatic carbocycles. The third-order valence-corrected chi connectivity index (χ3v) is 1.46. The van der Waals surface area contributed by atoms with Gasteiger partial charge in [0.2, 0.25) is 0 Å². The van der Waals surface area contributed by atoms with E-state index in [1.165, 1.54) is 4.63 Å². The molecule has 0 unspecified atom stereocenters. The van der Waals surface area contributed by atoms with Crippen LogP contribution in [-0.4, -0.2) is 36.3 Å². The zero-order chi connectivity index (χ0) is 9.26. The van der Waals surface area contributed by atoms with E-state index < -0.39 is 5.97 Å². The number of fused-ring (bicyclic) bond motifs is 1. The summed E-state index contributed by atoms with van der Waals surface area (Å²) in [7, 11) is 0. The number of rotatable bonds is 2. The van der Waals surface area contributed by atoms with E-state index in [0.29, 0.717) is 11.3 Å². The lowest BCUT2D eigenvalue weighted by Crippen LogP contribution is -2.05. The van der Waals surface area contributed by atoms with Gasteiger partial charge >= 0.3 is 5.97 Å². The van der Waals surface area contributed by atoms with Gasteiger partial charge in [-0.05, 0) is 22.6 Å². The molecule has 0 aliphatic rings. The van der Waals surface area contributed by atoms with Crippen LogP contribution in [-0.2, 0) is 11.2 Å². The zero-order valence-corrected chi connectivity index (χ0v) is 6.45. The highest BCUT2D eigenvalue weighted by Gasteiger charge is 2.04. The molecule has 0 radical (unpaired) electrons. The molecule has 0 saturated carbocycles. The molecule has 2 rings (SSSR count). The number of hydrogen-bond acceptors (Lipinski definition) is 5. The highest BCUT2D eigenvalue weighted by atomic mass is 16.4.